The van der Waals surface area contributed by atoms with E-state index in [1.807, 2.05) is 6.07 Å². The molecule has 0 aromatic rings. The van der Waals surface area contributed by atoms with Crippen LogP contribution in [0.2, 0.25) is 0 Å². The molecule has 1 heterocycles. The van der Waals surface area contributed by atoms with E-state index in [0.29, 0.717) is 13.1 Å². The van der Waals surface area contributed by atoms with Crippen molar-refractivity contribution in [1.29, 1.82) is 5.26 Å². The molecule has 1 fully saturated rings. The summed E-state index contributed by atoms with van der Waals surface area (Å²) >= 11 is 0. The first-order valence-electron chi connectivity index (χ1n) is 5.70. The lowest BCUT2D eigenvalue weighted by Crippen LogP contribution is -2.42. The van der Waals surface area contributed by atoms with E-state index in [1.54, 1.807) is 6.92 Å². The Balaban J connectivity index is 2.52. The molecule has 0 spiro atoms. The highest BCUT2D eigenvalue weighted by atomic mass is 32.2. The van der Waals surface area contributed by atoms with Crippen LogP contribution in [0.1, 0.15) is 32.6 Å². The third-order valence-electron chi connectivity index (χ3n) is 2.70. The molecule has 1 N–H and O–H groups in total. The fourth-order valence-corrected chi connectivity index (χ4v) is 3.03. The molecule has 0 amide bonds. The molecule has 1 atom stereocenters. The van der Waals surface area contributed by atoms with Gasteiger partial charge in [0.15, 0.2) is 0 Å². The van der Waals surface area contributed by atoms with Crippen molar-refractivity contribution in [3.8, 4) is 6.07 Å². The summed E-state index contributed by atoms with van der Waals surface area (Å²) in [6, 6.07) is 2.01. The molecule has 92 valence electrons. The lowest BCUT2D eigenvalue weighted by Gasteiger charge is -2.20. The van der Waals surface area contributed by atoms with Crippen LogP contribution in [0.3, 0.4) is 0 Å². The normalized spacial score (nSPS) is 21.0. The molecule has 0 radical (unpaired) electrons. The average Bonchev–Trinajstić information content (AvgIpc) is 2.54. The van der Waals surface area contributed by atoms with Gasteiger partial charge in [0.2, 0.25) is 0 Å². The lowest BCUT2D eigenvalue weighted by atomic mass is 10.2. The van der Waals surface area contributed by atoms with Gasteiger partial charge in [-0.3, -0.25) is 0 Å². The second kappa shape index (κ2) is 6.18. The van der Waals surface area contributed by atoms with Gasteiger partial charge in [0.1, 0.15) is 0 Å². The zero-order chi connectivity index (χ0) is 12.0. The number of nitrogens with zero attached hydrogens (tertiary/aromatic N) is 2. The van der Waals surface area contributed by atoms with Gasteiger partial charge in [-0.25, -0.2) is 4.72 Å². The van der Waals surface area contributed by atoms with Gasteiger partial charge in [0.25, 0.3) is 10.2 Å². The fraction of sp³-hybridized carbons (Fsp3) is 0.900. The summed E-state index contributed by atoms with van der Waals surface area (Å²) in [6.07, 6.45) is 4.05. The van der Waals surface area contributed by atoms with Crippen LogP contribution in [0, 0.1) is 17.2 Å². The molecule has 0 aliphatic carbocycles. The molecule has 6 heteroatoms. The Morgan fingerprint density at radius 1 is 1.31 bits per heavy atom. The van der Waals surface area contributed by atoms with E-state index >= 15 is 0 Å². The van der Waals surface area contributed by atoms with Gasteiger partial charge < -0.3 is 0 Å². The molecule has 1 aliphatic heterocycles. The van der Waals surface area contributed by atoms with Crippen molar-refractivity contribution in [2.75, 3.05) is 19.6 Å². The SMILES string of the molecule is CC(C#N)CNS(=O)(=O)N1CCCCCC1. The van der Waals surface area contributed by atoms with E-state index in [0.717, 1.165) is 25.7 Å². The molecule has 0 aromatic heterocycles. The van der Waals surface area contributed by atoms with Crippen molar-refractivity contribution >= 4 is 10.2 Å². The molecule has 1 aliphatic rings. The van der Waals surface area contributed by atoms with E-state index in [4.69, 9.17) is 5.26 Å². The molecule has 0 aromatic carbocycles. The zero-order valence-electron chi connectivity index (χ0n) is 9.65. The summed E-state index contributed by atoms with van der Waals surface area (Å²) in [6.45, 7) is 3.08. The van der Waals surface area contributed by atoms with Crippen LogP contribution in [0.4, 0.5) is 0 Å². The molecule has 1 rings (SSSR count). The molecule has 5 nitrogen and oxygen atoms in total. The van der Waals surface area contributed by atoms with Gasteiger partial charge in [0, 0.05) is 19.6 Å². The summed E-state index contributed by atoms with van der Waals surface area (Å²) in [5, 5.41) is 8.59. The van der Waals surface area contributed by atoms with Crippen LogP contribution in [0.5, 0.6) is 0 Å². The van der Waals surface area contributed by atoms with E-state index in [-0.39, 0.29) is 12.5 Å². The Morgan fingerprint density at radius 3 is 2.38 bits per heavy atom. The summed E-state index contributed by atoms with van der Waals surface area (Å²) in [7, 11) is -3.38. The number of hydrogen-bond donors (Lipinski definition) is 1. The van der Waals surface area contributed by atoms with Gasteiger partial charge in [-0.1, -0.05) is 12.8 Å². The van der Waals surface area contributed by atoms with Crippen LogP contribution in [0.15, 0.2) is 0 Å². The van der Waals surface area contributed by atoms with Crippen molar-refractivity contribution in [2.45, 2.75) is 32.6 Å². The first-order valence-corrected chi connectivity index (χ1v) is 7.14. The topological polar surface area (TPSA) is 73.2 Å². The molecule has 0 bridgehead atoms. The monoisotopic (exact) mass is 245 g/mol. The maximum Gasteiger partial charge on any atom is 0.279 e. The Morgan fingerprint density at radius 2 is 1.88 bits per heavy atom. The first-order chi connectivity index (χ1) is 7.56. The summed E-state index contributed by atoms with van der Waals surface area (Å²) in [5.74, 6) is -0.290. The van der Waals surface area contributed by atoms with Crippen LogP contribution in [-0.2, 0) is 10.2 Å². The van der Waals surface area contributed by atoms with Crippen LogP contribution >= 0.6 is 0 Å². The minimum Gasteiger partial charge on any atom is -0.201 e. The van der Waals surface area contributed by atoms with Crippen molar-refractivity contribution in [3.63, 3.8) is 0 Å². The second-order valence-electron chi connectivity index (χ2n) is 4.20. The second-order valence-corrected chi connectivity index (χ2v) is 5.95. The highest BCUT2D eigenvalue weighted by Crippen LogP contribution is 2.12. The van der Waals surface area contributed by atoms with Crippen molar-refractivity contribution < 1.29 is 8.42 Å². The van der Waals surface area contributed by atoms with Crippen molar-refractivity contribution in [2.24, 2.45) is 5.92 Å². The highest BCUT2D eigenvalue weighted by Gasteiger charge is 2.22. The van der Waals surface area contributed by atoms with Gasteiger partial charge in [-0.2, -0.15) is 18.0 Å². The standard InChI is InChI=1S/C10H19N3O2S/c1-10(8-11)9-12-16(14,15)13-6-4-2-3-5-7-13/h10,12H,2-7,9H2,1H3. The first kappa shape index (κ1) is 13.4. The summed E-state index contributed by atoms with van der Waals surface area (Å²) in [4.78, 5) is 0. The molecule has 1 unspecified atom stereocenters. The third kappa shape index (κ3) is 4.08. The molecule has 16 heavy (non-hydrogen) atoms. The fourth-order valence-electron chi connectivity index (χ4n) is 1.65. The zero-order valence-corrected chi connectivity index (χ0v) is 10.5. The van der Waals surface area contributed by atoms with Crippen molar-refractivity contribution in [3.05, 3.63) is 0 Å². The smallest absolute Gasteiger partial charge is 0.201 e. The number of nitrogens with one attached hydrogen (secondary N) is 1. The summed E-state index contributed by atoms with van der Waals surface area (Å²) < 4.78 is 27.7. The maximum atomic E-state index is 11.9. The predicted molar refractivity (Wildman–Crippen MR) is 61.7 cm³/mol. The minimum atomic E-state index is -3.38. The van der Waals surface area contributed by atoms with Crippen LogP contribution in [0.25, 0.3) is 0 Å². The van der Waals surface area contributed by atoms with Gasteiger partial charge >= 0.3 is 0 Å². The number of nitriles is 1. The van der Waals surface area contributed by atoms with E-state index < -0.39 is 10.2 Å². The predicted octanol–water partition coefficient (Wildman–Crippen LogP) is 0.856. The van der Waals surface area contributed by atoms with Gasteiger partial charge in [-0.15, -0.1) is 0 Å². The Bertz CT molecular complexity index is 340. The third-order valence-corrected chi connectivity index (χ3v) is 4.27. The van der Waals surface area contributed by atoms with E-state index in [2.05, 4.69) is 4.72 Å². The molecule has 1 saturated heterocycles. The number of hydrogen-bond acceptors (Lipinski definition) is 3. The molecule has 0 saturated carbocycles. The largest absolute Gasteiger partial charge is 0.279 e. The van der Waals surface area contributed by atoms with Gasteiger partial charge in [0.05, 0.1) is 12.0 Å². The maximum absolute atomic E-state index is 11.9. The van der Waals surface area contributed by atoms with Crippen LogP contribution in [-0.4, -0.2) is 32.4 Å². The Hall–Kier alpha value is -0.640. The minimum absolute atomic E-state index is 0.190. The molecular weight excluding hydrogens is 226 g/mol. The van der Waals surface area contributed by atoms with Crippen LogP contribution < -0.4 is 4.72 Å². The lowest BCUT2D eigenvalue weighted by molar-refractivity contribution is 0.413. The Kier molecular flexibility index (Phi) is 5.19. The van der Waals surface area contributed by atoms with Crippen molar-refractivity contribution in [1.82, 2.24) is 9.03 Å². The van der Waals surface area contributed by atoms with Gasteiger partial charge in [-0.05, 0) is 19.8 Å². The molecular formula is C10H19N3O2S. The number of rotatable bonds is 4. The van der Waals surface area contributed by atoms with E-state index in [9.17, 15) is 8.42 Å². The highest BCUT2D eigenvalue weighted by molar-refractivity contribution is 7.87. The average molecular weight is 245 g/mol. The quantitative estimate of drug-likeness (QED) is 0.798. The van der Waals surface area contributed by atoms with E-state index in [1.165, 1.54) is 4.31 Å². The Labute approximate surface area is 97.6 Å². The summed E-state index contributed by atoms with van der Waals surface area (Å²) in [5.41, 5.74) is 0.